The second-order valence-electron chi connectivity index (χ2n) is 0.642. The van der Waals surface area contributed by atoms with Gasteiger partial charge in [0.05, 0.1) is 0 Å². The van der Waals surface area contributed by atoms with Crippen molar-refractivity contribution in [1.29, 1.82) is 0 Å². The third-order valence-corrected chi connectivity index (χ3v) is 1.10. The van der Waals surface area contributed by atoms with Crippen LogP contribution in [-0.2, 0) is 0 Å². The van der Waals surface area contributed by atoms with Gasteiger partial charge in [0.25, 0.3) is 0 Å². The molecule has 0 rings (SSSR count). The summed E-state index contributed by atoms with van der Waals surface area (Å²) in [7, 11) is 0. The van der Waals surface area contributed by atoms with Crippen LogP contribution in [0.25, 0.3) is 0 Å². The van der Waals surface area contributed by atoms with Crippen molar-refractivity contribution in [1.82, 2.24) is 0 Å². The number of hydrogen-bond donors (Lipinski definition) is 0. The van der Waals surface area contributed by atoms with Crippen LogP contribution >= 0.6 is 67.8 Å². The molecule has 0 saturated heterocycles. The van der Waals surface area contributed by atoms with Crippen LogP contribution in [0.1, 0.15) is 0 Å². The number of halogens is 3. The van der Waals surface area contributed by atoms with Crippen LogP contribution < -0.4 is 0 Å². The van der Waals surface area contributed by atoms with Crippen LogP contribution in [0.15, 0.2) is 0 Å². The average Bonchev–Trinajstić information content (AvgIpc) is 1.35. The minimum absolute atomic E-state index is 0.0206. The number of hydrogen-bond acceptors (Lipinski definition) is 0. The molecule has 0 radical (unpaired) electrons. The molecule has 0 heterocycles. The van der Waals surface area contributed by atoms with Gasteiger partial charge in [0.1, 0.15) is 0 Å². The van der Waals surface area contributed by atoms with E-state index < -0.39 is 0 Å². The Hall–Kier alpha value is 1.75. The first-order chi connectivity index (χ1) is 2.56. The largest absolute Gasteiger partial charge is 0.183 e. The molecule has 6 heavy (non-hydrogen) atoms. The molecule has 0 aromatic rings. The molecule has 0 nitrogen and oxygen atoms in total. The van der Waals surface area contributed by atoms with E-state index in [9.17, 15) is 0 Å². The molecular formula is C3HI3. The fourth-order valence-corrected chi connectivity index (χ4v) is 0. The fourth-order valence-electron chi connectivity index (χ4n) is 0. The van der Waals surface area contributed by atoms with E-state index in [0.717, 1.165) is 0 Å². The minimum Gasteiger partial charge on any atom is -0.117 e. The number of alkyl halides is 3. The zero-order valence-corrected chi connectivity index (χ0v) is 9.18. The average molecular weight is 418 g/mol. The first kappa shape index (κ1) is 7.75. The molecule has 0 aromatic carbocycles. The summed E-state index contributed by atoms with van der Waals surface area (Å²) in [6.45, 7) is 0. The predicted molar refractivity (Wildman–Crippen MR) is 53.6 cm³/mol. The third kappa shape index (κ3) is 5.75. The smallest absolute Gasteiger partial charge is 0.117 e. The topological polar surface area (TPSA) is 0 Å². The molecule has 0 aliphatic rings. The SMILES string of the molecule is C#CC(I)(I)I. The highest BCUT2D eigenvalue weighted by atomic mass is 127. The Labute approximate surface area is 78.3 Å². The Morgan fingerprint density at radius 2 is 1.50 bits per heavy atom. The van der Waals surface area contributed by atoms with Gasteiger partial charge in [0, 0.05) is 0 Å². The van der Waals surface area contributed by atoms with Crippen molar-refractivity contribution in [3.8, 4) is 12.3 Å². The van der Waals surface area contributed by atoms with Crippen molar-refractivity contribution in [2.24, 2.45) is 0 Å². The maximum absolute atomic E-state index is 5.03. The third-order valence-electron chi connectivity index (χ3n) is 0.164. The van der Waals surface area contributed by atoms with E-state index >= 15 is 0 Å². The van der Waals surface area contributed by atoms with E-state index in [4.69, 9.17) is 6.42 Å². The van der Waals surface area contributed by atoms with Crippen molar-refractivity contribution in [2.45, 2.75) is -0.565 Å². The molecule has 0 N–H and O–H groups in total. The van der Waals surface area contributed by atoms with Crippen LogP contribution in [-0.4, -0.2) is -0.565 Å². The van der Waals surface area contributed by atoms with Gasteiger partial charge < -0.3 is 0 Å². The summed E-state index contributed by atoms with van der Waals surface area (Å²) >= 11 is 6.53. The Morgan fingerprint density at radius 1 is 1.33 bits per heavy atom. The van der Waals surface area contributed by atoms with Gasteiger partial charge in [0.2, 0.25) is 0 Å². The molecule has 0 atom stereocenters. The van der Waals surface area contributed by atoms with Crippen molar-refractivity contribution in [2.75, 3.05) is 0 Å². The second-order valence-corrected chi connectivity index (χ2v) is 11.7. The van der Waals surface area contributed by atoms with Crippen molar-refractivity contribution in [3.63, 3.8) is 0 Å². The molecule has 0 amide bonds. The summed E-state index contributed by atoms with van der Waals surface area (Å²) < 4.78 is -0.0206. The van der Waals surface area contributed by atoms with Gasteiger partial charge in [-0.15, -0.1) is 6.42 Å². The minimum atomic E-state index is -0.0206. The Balaban J connectivity index is 3.55. The first-order valence-electron chi connectivity index (χ1n) is 1.11. The molecular weight excluding hydrogens is 417 g/mol. The van der Waals surface area contributed by atoms with E-state index in [1.54, 1.807) is 0 Å². The lowest BCUT2D eigenvalue weighted by Crippen LogP contribution is -1.88. The summed E-state index contributed by atoms with van der Waals surface area (Å²) in [6.07, 6.45) is 5.03. The molecule has 0 unspecified atom stereocenters. The molecule has 0 spiro atoms. The molecule has 0 bridgehead atoms. The molecule has 0 aliphatic carbocycles. The molecule has 0 aromatic heterocycles. The maximum Gasteiger partial charge on any atom is 0.183 e. The molecule has 3 heteroatoms. The summed E-state index contributed by atoms with van der Waals surface area (Å²) in [6, 6.07) is 0. The normalized spacial score (nSPS) is 10.3. The maximum atomic E-state index is 5.03. The van der Waals surface area contributed by atoms with Crippen LogP contribution in [0.4, 0.5) is 0 Å². The van der Waals surface area contributed by atoms with E-state index in [2.05, 4.69) is 73.7 Å². The van der Waals surface area contributed by atoms with Crippen LogP contribution in [0, 0.1) is 12.3 Å². The first-order valence-corrected chi connectivity index (χ1v) is 4.34. The lowest BCUT2D eigenvalue weighted by Gasteiger charge is -1.96. The summed E-state index contributed by atoms with van der Waals surface area (Å²) in [5, 5.41) is 0. The number of rotatable bonds is 0. The van der Waals surface area contributed by atoms with Gasteiger partial charge in [-0.05, 0) is 67.8 Å². The van der Waals surface area contributed by atoms with Crippen molar-refractivity contribution >= 4 is 67.8 Å². The molecule has 0 aliphatic heterocycles. The second kappa shape index (κ2) is 2.91. The highest BCUT2D eigenvalue weighted by Crippen LogP contribution is 2.33. The zero-order chi connectivity index (χ0) is 5.21. The predicted octanol–water partition coefficient (Wildman–Crippen LogP) is 2.58. The fraction of sp³-hybridized carbons (Fsp3) is 0.333. The summed E-state index contributed by atoms with van der Waals surface area (Å²) in [5.74, 6) is 2.56. The quantitative estimate of drug-likeness (QED) is 0.323. The van der Waals surface area contributed by atoms with E-state index in [1.165, 1.54) is 0 Å². The van der Waals surface area contributed by atoms with Crippen molar-refractivity contribution in [3.05, 3.63) is 0 Å². The van der Waals surface area contributed by atoms with Gasteiger partial charge in [-0.1, -0.05) is 5.92 Å². The molecule has 0 fully saturated rings. The summed E-state index contributed by atoms with van der Waals surface area (Å²) in [4.78, 5) is 0. The standard InChI is InChI=1S/C3HI3/c1-2-3(4,5)6/h1H. The van der Waals surface area contributed by atoms with Gasteiger partial charge in [-0.2, -0.15) is 0 Å². The monoisotopic (exact) mass is 418 g/mol. The number of terminal acetylenes is 1. The highest BCUT2D eigenvalue weighted by molar-refractivity contribution is 14.3. The lowest BCUT2D eigenvalue weighted by atomic mass is 10.8. The van der Waals surface area contributed by atoms with Gasteiger partial charge in [0.15, 0.2) is -0.565 Å². The Kier molecular flexibility index (Phi) is 3.77. The van der Waals surface area contributed by atoms with Crippen LogP contribution in [0.2, 0.25) is 0 Å². The van der Waals surface area contributed by atoms with Gasteiger partial charge >= 0.3 is 0 Å². The van der Waals surface area contributed by atoms with Crippen molar-refractivity contribution < 1.29 is 0 Å². The van der Waals surface area contributed by atoms with Gasteiger partial charge in [-0.3, -0.25) is 0 Å². The Morgan fingerprint density at radius 3 is 1.50 bits per heavy atom. The summed E-state index contributed by atoms with van der Waals surface area (Å²) in [5.41, 5.74) is 0. The van der Waals surface area contributed by atoms with Crippen LogP contribution in [0.3, 0.4) is 0 Å². The van der Waals surface area contributed by atoms with Gasteiger partial charge in [-0.25, -0.2) is 0 Å². The lowest BCUT2D eigenvalue weighted by molar-refractivity contribution is 1.93. The van der Waals surface area contributed by atoms with E-state index in [1.807, 2.05) is 0 Å². The zero-order valence-electron chi connectivity index (χ0n) is 2.71. The van der Waals surface area contributed by atoms with E-state index in [-0.39, 0.29) is -0.565 Å². The highest BCUT2D eigenvalue weighted by Gasteiger charge is 2.09. The van der Waals surface area contributed by atoms with Crippen LogP contribution in [0.5, 0.6) is 0 Å². The molecule has 0 saturated carbocycles. The Bertz CT molecular complexity index is 73.0. The molecule has 34 valence electrons. The van der Waals surface area contributed by atoms with E-state index in [0.29, 0.717) is 0 Å².